The van der Waals surface area contributed by atoms with Crippen LogP contribution in [0.15, 0.2) is 23.2 Å². The molecule has 0 aliphatic carbocycles. The van der Waals surface area contributed by atoms with Crippen LogP contribution >= 0.6 is 0 Å². The van der Waals surface area contributed by atoms with Gasteiger partial charge in [0.1, 0.15) is 23.3 Å². The molecule has 0 amide bonds. The number of aliphatic hydroxyl groups is 1. The summed E-state index contributed by atoms with van der Waals surface area (Å²) < 4.78 is 5.88. The Morgan fingerprint density at radius 1 is 1.33 bits per heavy atom. The lowest BCUT2D eigenvalue weighted by Crippen LogP contribution is -2.54. The number of hydrogen-bond acceptors (Lipinski definition) is 5. The molecule has 0 spiro atoms. The molecule has 2 N–H and O–H groups in total. The summed E-state index contributed by atoms with van der Waals surface area (Å²) in [4.78, 5) is 3.88. The van der Waals surface area contributed by atoms with Gasteiger partial charge >= 0.3 is 0 Å². The normalized spacial score (nSPS) is 22.6. The van der Waals surface area contributed by atoms with E-state index in [-0.39, 0.29) is 0 Å². The van der Waals surface area contributed by atoms with E-state index in [0.717, 1.165) is 0 Å². The van der Waals surface area contributed by atoms with Gasteiger partial charge in [-0.25, -0.2) is 0 Å². The fraction of sp³-hybridized carbons (Fsp3) is 0.500. The van der Waals surface area contributed by atoms with Gasteiger partial charge in [-0.05, 0) is 32.0 Å². The van der Waals surface area contributed by atoms with Crippen molar-refractivity contribution in [1.82, 2.24) is 5.32 Å². The van der Waals surface area contributed by atoms with Crippen LogP contribution in [0.3, 0.4) is 0 Å². The Labute approximate surface area is 142 Å². The summed E-state index contributed by atoms with van der Waals surface area (Å²) in [5, 5.41) is 32.1. The lowest BCUT2D eigenvalue weighted by molar-refractivity contribution is -0.0613. The molecule has 2 unspecified atom stereocenters. The number of rotatable bonds is 1. The van der Waals surface area contributed by atoms with Crippen LogP contribution in [0.1, 0.15) is 51.8 Å². The molecule has 126 valence electrons. The molecule has 0 saturated carbocycles. The first kappa shape index (κ1) is 17.8. The molecular formula is C18H22N4O2. The van der Waals surface area contributed by atoms with E-state index in [1.807, 2.05) is 20.8 Å². The van der Waals surface area contributed by atoms with Crippen molar-refractivity contribution in [3.8, 4) is 18.0 Å². The number of fused-ring (bicyclic) bond motifs is 1. The van der Waals surface area contributed by atoms with E-state index < -0.39 is 23.2 Å². The van der Waals surface area contributed by atoms with Crippen molar-refractivity contribution in [2.45, 2.75) is 52.4 Å². The quantitative estimate of drug-likeness (QED) is 0.469. The predicted molar refractivity (Wildman–Crippen MR) is 90.3 cm³/mol. The third-order valence-electron chi connectivity index (χ3n) is 4.04. The lowest BCUT2D eigenvalue weighted by atomic mass is 9.84. The fourth-order valence-corrected chi connectivity index (χ4v) is 2.64. The Morgan fingerprint density at radius 3 is 2.54 bits per heavy atom. The van der Waals surface area contributed by atoms with Crippen LogP contribution in [0.2, 0.25) is 0 Å². The SMILES string of the molecule is CC(C)(C)C(=NC#N)NC1c2cc(C#N)ccc2OC(C)(C)C1O. The van der Waals surface area contributed by atoms with E-state index in [9.17, 15) is 5.11 Å². The topological polar surface area (TPSA) is 101 Å². The van der Waals surface area contributed by atoms with Gasteiger partial charge in [-0.2, -0.15) is 15.5 Å². The number of nitriles is 2. The van der Waals surface area contributed by atoms with Crippen LogP contribution in [-0.4, -0.2) is 22.6 Å². The van der Waals surface area contributed by atoms with Crippen LogP contribution in [0.4, 0.5) is 0 Å². The first-order valence-electron chi connectivity index (χ1n) is 7.75. The maximum atomic E-state index is 10.8. The first-order valence-corrected chi connectivity index (χ1v) is 7.75. The monoisotopic (exact) mass is 326 g/mol. The summed E-state index contributed by atoms with van der Waals surface area (Å²) in [7, 11) is 0. The highest BCUT2D eigenvalue weighted by Crippen LogP contribution is 2.40. The van der Waals surface area contributed by atoms with Gasteiger partial charge in [0.15, 0.2) is 0 Å². The second-order valence-corrected chi connectivity index (χ2v) is 7.45. The van der Waals surface area contributed by atoms with E-state index in [1.54, 1.807) is 38.2 Å². The average molecular weight is 326 g/mol. The van der Waals surface area contributed by atoms with Crippen molar-refractivity contribution in [2.24, 2.45) is 10.4 Å². The number of nitrogens with one attached hydrogen (secondary N) is 1. The number of nitrogens with zero attached hydrogens (tertiary/aromatic N) is 3. The molecule has 0 fully saturated rings. The molecule has 1 aromatic rings. The molecule has 1 aromatic carbocycles. The van der Waals surface area contributed by atoms with Crippen molar-refractivity contribution in [3.05, 3.63) is 29.3 Å². The zero-order chi connectivity index (χ0) is 18.1. The first-order chi connectivity index (χ1) is 11.1. The molecule has 6 heteroatoms. The molecule has 24 heavy (non-hydrogen) atoms. The number of amidine groups is 1. The van der Waals surface area contributed by atoms with Crippen LogP contribution in [-0.2, 0) is 0 Å². The van der Waals surface area contributed by atoms with Crippen LogP contribution < -0.4 is 10.1 Å². The smallest absolute Gasteiger partial charge is 0.207 e. The predicted octanol–water partition coefficient (Wildman–Crippen LogP) is 2.65. The molecule has 2 atom stereocenters. The minimum absolute atomic E-state index is 0.398. The largest absolute Gasteiger partial charge is 0.485 e. The molecule has 1 aliphatic rings. The molecule has 0 aromatic heterocycles. The second-order valence-electron chi connectivity index (χ2n) is 7.45. The Bertz CT molecular complexity index is 748. The third kappa shape index (κ3) is 3.34. The zero-order valence-electron chi connectivity index (χ0n) is 14.6. The molecule has 2 rings (SSSR count). The Kier molecular flexibility index (Phi) is 4.55. The number of hydrogen-bond donors (Lipinski definition) is 2. The minimum Gasteiger partial charge on any atom is -0.485 e. The summed E-state index contributed by atoms with van der Waals surface area (Å²) in [6.07, 6.45) is 0.922. The van der Waals surface area contributed by atoms with E-state index >= 15 is 0 Å². The van der Waals surface area contributed by atoms with Crippen molar-refractivity contribution >= 4 is 5.84 Å². The summed E-state index contributed by atoms with van der Waals surface area (Å²) in [5.74, 6) is 1.08. The van der Waals surface area contributed by atoms with Gasteiger partial charge in [0, 0.05) is 11.0 Å². The molecular weight excluding hydrogens is 304 g/mol. The standard InChI is InChI=1S/C18H22N4O2/c1-17(2,3)16(21-10-20)22-14-12-8-11(9-19)6-7-13(12)24-18(4,5)15(14)23/h6-8,14-15,23H,1-5H3,(H,21,22). The molecule has 0 saturated heterocycles. The van der Waals surface area contributed by atoms with Crippen LogP contribution in [0.5, 0.6) is 5.75 Å². The minimum atomic E-state index is -0.884. The Balaban J connectivity index is 2.54. The van der Waals surface area contributed by atoms with Gasteiger partial charge in [-0.15, -0.1) is 0 Å². The van der Waals surface area contributed by atoms with Gasteiger partial charge in [0.2, 0.25) is 6.19 Å². The highest BCUT2D eigenvalue weighted by atomic mass is 16.5. The van der Waals surface area contributed by atoms with E-state index in [4.69, 9.17) is 15.3 Å². The molecule has 0 bridgehead atoms. The fourth-order valence-electron chi connectivity index (χ4n) is 2.64. The van der Waals surface area contributed by atoms with E-state index in [1.165, 1.54) is 0 Å². The van der Waals surface area contributed by atoms with E-state index in [2.05, 4.69) is 16.4 Å². The summed E-state index contributed by atoms with van der Waals surface area (Å²) in [6.45, 7) is 9.39. The van der Waals surface area contributed by atoms with Crippen molar-refractivity contribution < 1.29 is 9.84 Å². The summed E-state index contributed by atoms with van der Waals surface area (Å²) in [5.41, 5.74) is -0.0688. The van der Waals surface area contributed by atoms with Crippen LogP contribution in [0, 0.1) is 28.2 Å². The highest BCUT2D eigenvalue weighted by molar-refractivity contribution is 5.88. The maximum Gasteiger partial charge on any atom is 0.207 e. The molecule has 1 aliphatic heterocycles. The average Bonchev–Trinajstić information content (AvgIpc) is 2.49. The van der Waals surface area contributed by atoms with E-state index in [0.29, 0.717) is 22.7 Å². The highest BCUT2D eigenvalue weighted by Gasteiger charge is 2.44. The van der Waals surface area contributed by atoms with Crippen LogP contribution in [0.25, 0.3) is 0 Å². The third-order valence-corrected chi connectivity index (χ3v) is 4.04. The molecule has 6 nitrogen and oxygen atoms in total. The van der Waals surface area contributed by atoms with Crippen molar-refractivity contribution in [2.75, 3.05) is 0 Å². The summed E-state index contributed by atoms with van der Waals surface area (Å²) >= 11 is 0. The molecule has 1 heterocycles. The van der Waals surface area contributed by atoms with Gasteiger partial charge in [-0.1, -0.05) is 20.8 Å². The number of benzene rings is 1. The zero-order valence-corrected chi connectivity index (χ0v) is 14.6. The second kappa shape index (κ2) is 6.14. The maximum absolute atomic E-state index is 10.8. The van der Waals surface area contributed by atoms with Crippen molar-refractivity contribution in [1.29, 1.82) is 10.5 Å². The Hall–Kier alpha value is -2.57. The lowest BCUT2D eigenvalue weighted by Gasteiger charge is -2.43. The van der Waals surface area contributed by atoms with Gasteiger partial charge in [-0.3, -0.25) is 0 Å². The van der Waals surface area contributed by atoms with Gasteiger partial charge < -0.3 is 15.2 Å². The Morgan fingerprint density at radius 2 is 2.00 bits per heavy atom. The number of aliphatic imine (C=N–C) groups is 1. The molecule has 0 radical (unpaired) electrons. The number of ether oxygens (including phenoxy) is 1. The summed E-state index contributed by atoms with van der Waals surface area (Å²) in [6, 6.07) is 6.66. The van der Waals surface area contributed by atoms with Gasteiger partial charge in [0.25, 0.3) is 0 Å². The number of aliphatic hydroxyl groups excluding tert-OH is 1. The van der Waals surface area contributed by atoms with Crippen molar-refractivity contribution in [3.63, 3.8) is 0 Å². The van der Waals surface area contributed by atoms with Gasteiger partial charge in [0.05, 0.1) is 17.7 Å².